The van der Waals surface area contributed by atoms with Crippen LogP contribution in [-0.2, 0) is 4.79 Å². The summed E-state index contributed by atoms with van der Waals surface area (Å²) in [5.74, 6) is -0.817. The number of aryl methyl sites for hydroxylation is 1. The molecule has 0 aliphatic rings. The second kappa shape index (κ2) is 6.45. The molecule has 2 aromatic rings. The van der Waals surface area contributed by atoms with E-state index in [4.69, 9.17) is 5.11 Å². The third-order valence-electron chi connectivity index (χ3n) is 3.01. The molecule has 0 spiro atoms. The Bertz CT molecular complexity index is 610. The molecule has 0 radical (unpaired) electrons. The van der Waals surface area contributed by atoms with Gasteiger partial charge in [0, 0.05) is 16.4 Å². The highest BCUT2D eigenvalue weighted by molar-refractivity contribution is 9.10. The number of nitrogens with zero attached hydrogens (tertiary/aromatic N) is 2. The van der Waals surface area contributed by atoms with Crippen molar-refractivity contribution in [1.29, 1.82) is 0 Å². The van der Waals surface area contributed by atoms with Crippen molar-refractivity contribution in [3.8, 4) is 0 Å². The largest absolute Gasteiger partial charge is 0.481 e. The lowest BCUT2D eigenvalue weighted by atomic mass is 10.1. The summed E-state index contributed by atoms with van der Waals surface area (Å²) < 4.78 is 3.10. The maximum absolute atomic E-state index is 10.7. The average molecular weight is 355 g/mol. The van der Waals surface area contributed by atoms with Gasteiger partial charge in [-0.2, -0.15) is 0 Å². The van der Waals surface area contributed by atoms with Gasteiger partial charge in [0.05, 0.1) is 11.8 Å². The summed E-state index contributed by atoms with van der Waals surface area (Å²) in [6.45, 7) is 4.07. The summed E-state index contributed by atoms with van der Waals surface area (Å²) in [6, 6.07) is 8.23. The van der Waals surface area contributed by atoms with Crippen LogP contribution in [0, 0.1) is 6.92 Å². The van der Waals surface area contributed by atoms with Gasteiger partial charge in [0.1, 0.15) is 0 Å². The van der Waals surface area contributed by atoms with Crippen molar-refractivity contribution in [1.82, 2.24) is 9.55 Å². The molecule has 1 aromatic heterocycles. The van der Waals surface area contributed by atoms with E-state index in [-0.39, 0.29) is 11.8 Å². The van der Waals surface area contributed by atoms with Crippen LogP contribution in [-0.4, -0.2) is 26.4 Å². The number of carboxylic acids is 1. The maximum atomic E-state index is 10.7. The zero-order valence-corrected chi connectivity index (χ0v) is 13.6. The number of rotatable bonds is 5. The number of hydrogen-bond acceptors (Lipinski definition) is 3. The minimum atomic E-state index is -0.835. The molecule has 0 saturated carbocycles. The Morgan fingerprint density at radius 1 is 1.45 bits per heavy atom. The summed E-state index contributed by atoms with van der Waals surface area (Å²) >= 11 is 4.67. The fraction of sp³-hybridized carbons (Fsp3) is 0.286. The summed E-state index contributed by atoms with van der Waals surface area (Å²) in [7, 11) is 0. The van der Waals surface area contributed by atoms with E-state index in [0.29, 0.717) is 0 Å². The van der Waals surface area contributed by atoms with Crippen LogP contribution in [0.3, 0.4) is 0 Å². The fourth-order valence-electron chi connectivity index (χ4n) is 2.02. The zero-order chi connectivity index (χ0) is 14.7. The van der Waals surface area contributed by atoms with Gasteiger partial charge >= 0.3 is 5.97 Å². The van der Waals surface area contributed by atoms with E-state index in [9.17, 15) is 4.79 Å². The molecule has 0 aliphatic heterocycles. The minimum Gasteiger partial charge on any atom is -0.481 e. The monoisotopic (exact) mass is 354 g/mol. The second-order valence-corrected chi connectivity index (χ2v) is 6.32. The Hall–Kier alpha value is -1.27. The minimum absolute atomic E-state index is 0.0174. The van der Waals surface area contributed by atoms with Crippen LogP contribution >= 0.6 is 27.7 Å². The first-order chi connectivity index (χ1) is 9.49. The smallest absolute Gasteiger partial charge is 0.313 e. The Kier molecular flexibility index (Phi) is 4.88. The van der Waals surface area contributed by atoms with E-state index in [0.717, 1.165) is 20.9 Å². The van der Waals surface area contributed by atoms with Crippen LogP contribution in [0.2, 0.25) is 0 Å². The van der Waals surface area contributed by atoms with Crippen molar-refractivity contribution in [3.63, 3.8) is 0 Å². The van der Waals surface area contributed by atoms with Gasteiger partial charge in [0.25, 0.3) is 0 Å². The molecule has 1 aromatic carbocycles. The van der Waals surface area contributed by atoms with E-state index in [1.165, 1.54) is 11.8 Å². The van der Waals surface area contributed by atoms with Gasteiger partial charge in [-0.3, -0.25) is 4.79 Å². The van der Waals surface area contributed by atoms with Gasteiger partial charge in [-0.25, -0.2) is 4.98 Å². The molecular weight excluding hydrogens is 340 g/mol. The number of carbonyl (C=O) groups is 1. The number of aromatic nitrogens is 2. The Labute approximate surface area is 130 Å². The fourth-order valence-corrected chi connectivity index (χ4v) is 3.10. The first kappa shape index (κ1) is 15.1. The Morgan fingerprint density at radius 3 is 2.70 bits per heavy atom. The van der Waals surface area contributed by atoms with Crippen LogP contribution in [0.4, 0.5) is 0 Å². The maximum Gasteiger partial charge on any atom is 0.313 e. The highest BCUT2D eigenvalue weighted by Gasteiger charge is 2.16. The average Bonchev–Trinajstić information content (AvgIpc) is 2.77. The highest BCUT2D eigenvalue weighted by Crippen LogP contribution is 2.27. The van der Waals surface area contributed by atoms with Crippen LogP contribution in [0.1, 0.15) is 24.2 Å². The second-order valence-electron chi connectivity index (χ2n) is 4.46. The van der Waals surface area contributed by atoms with Gasteiger partial charge in [0.2, 0.25) is 0 Å². The molecule has 4 nitrogen and oxygen atoms in total. The third-order valence-corrected chi connectivity index (χ3v) is 4.49. The van der Waals surface area contributed by atoms with Gasteiger partial charge in [-0.15, -0.1) is 0 Å². The van der Waals surface area contributed by atoms with Gasteiger partial charge in [-0.05, 0) is 31.5 Å². The lowest BCUT2D eigenvalue weighted by Crippen LogP contribution is -2.10. The number of aliphatic carboxylic acids is 1. The quantitative estimate of drug-likeness (QED) is 0.831. The molecule has 6 heteroatoms. The normalized spacial score (nSPS) is 12.3. The van der Waals surface area contributed by atoms with Crippen molar-refractivity contribution < 1.29 is 9.90 Å². The number of carboxylic acid groups (broad SMARTS) is 1. The first-order valence-electron chi connectivity index (χ1n) is 6.13. The van der Waals surface area contributed by atoms with E-state index in [1.54, 1.807) is 6.20 Å². The van der Waals surface area contributed by atoms with Crippen molar-refractivity contribution in [2.24, 2.45) is 0 Å². The lowest BCUT2D eigenvalue weighted by molar-refractivity contribution is -0.133. The number of benzene rings is 1. The summed E-state index contributed by atoms with van der Waals surface area (Å²) in [5, 5.41) is 9.53. The molecule has 0 amide bonds. The lowest BCUT2D eigenvalue weighted by Gasteiger charge is -2.18. The summed E-state index contributed by atoms with van der Waals surface area (Å²) in [6.07, 6.45) is 1.78. The molecule has 0 bridgehead atoms. The van der Waals surface area contributed by atoms with Crippen molar-refractivity contribution in [2.75, 3.05) is 5.75 Å². The molecule has 1 N–H and O–H groups in total. The molecule has 1 heterocycles. The van der Waals surface area contributed by atoms with Crippen LogP contribution in [0.25, 0.3) is 0 Å². The molecule has 20 heavy (non-hydrogen) atoms. The molecule has 106 valence electrons. The summed E-state index contributed by atoms with van der Waals surface area (Å²) in [5.41, 5.74) is 2.18. The molecule has 1 unspecified atom stereocenters. The van der Waals surface area contributed by atoms with Gasteiger partial charge in [-0.1, -0.05) is 39.8 Å². The summed E-state index contributed by atoms with van der Waals surface area (Å²) in [4.78, 5) is 15.0. The molecule has 0 fully saturated rings. The van der Waals surface area contributed by atoms with Gasteiger partial charge in [0.15, 0.2) is 5.16 Å². The number of hydrogen-bond donors (Lipinski definition) is 1. The predicted molar refractivity (Wildman–Crippen MR) is 83.3 cm³/mol. The standard InChI is InChI=1S/C14H15BrN2O2S/c1-9-7-16-14(20-8-13(18)19)17(9)10(2)11-3-5-12(15)6-4-11/h3-7,10H,8H2,1-2H3,(H,18,19). The first-order valence-corrected chi connectivity index (χ1v) is 7.90. The Balaban J connectivity index is 2.28. The third kappa shape index (κ3) is 3.43. The van der Waals surface area contributed by atoms with Crippen LogP contribution in [0.15, 0.2) is 40.1 Å². The number of thioether (sulfide) groups is 1. The zero-order valence-electron chi connectivity index (χ0n) is 11.2. The van der Waals surface area contributed by atoms with Crippen LogP contribution in [0.5, 0.6) is 0 Å². The van der Waals surface area contributed by atoms with E-state index < -0.39 is 5.97 Å². The molecule has 2 rings (SSSR count). The van der Waals surface area contributed by atoms with Crippen molar-refractivity contribution in [3.05, 3.63) is 46.2 Å². The highest BCUT2D eigenvalue weighted by atomic mass is 79.9. The van der Waals surface area contributed by atoms with E-state index in [1.807, 2.05) is 19.1 Å². The predicted octanol–water partition coefficient (Wildman–Crippen LogP) is 3.74. The van der Waals surface area contributed by atoms with Gasteiger partial charge < -0.3 is 9.67 Å². The molecule has 0 saturated heterocycles. The van der Waals surface area contributed by atoms with Crippen LogP contribution < -0.4 is 0 Å². The number of halogens is 1. The topological polar surface area (TPSA) is 55.1 Å². The Morgan fingerprint density at radius 2 is 2.10 bits per heavy atom. The number of imidazole rings is 1. The SMILES string of the molecule is Cc1cnc(SCC(=O)O)n1C(C)c1ccc(Br)cc1. The van der Waals surface area contributed by atoms with E-state index >= 15 is 0 Å². The van der Waals surface area contributed by atoms with Crippen molar-refractivity contribution in [2.45, 2.75) is 25.0 Å². The van der Waals surface area contributed by atoms with E-state index in [2.05, 4.69) is 44.5 Å². The molecule has 0 aliphatic carbocycles. The molecular formula is C14H15BrN2O2S. The van der Waals surface area contributed by atoms with Crippen molar-refractivity contribution >= 4 is 33.7 Å². The molecule has 1 atom stereocenters.